The SMILES string of the molecule is CCc1ccc(C2(N)CCCOCC2)cc1. The van der Waals surface area contributed by atoms with Crippen LogP contribution in [0.1, 0.15) is 37.3 Å². The van der Waals surface area contributed by atoms with Crippen LogP contribution in [0.4, 0.5) is 0 Å². The molecule has 1 atom stereocenters. The summed E-state index contributed by atoms with van der Waals surface area (Å²) in [6.07, 6.45) is 4.10. The van der Waals surface area contributed by atoms with Crippen molar-refractivity contribution in [2.24, 2.45) is 5.73 Å². The molecule has 1 unspecified atom stereocenters. The molecule has 88 valence electrons. The molecular weight excluding hydrogens is 198 g/mol. The van der Waals surface area contributed by atoms with Gasteiger partial charge in [-0.15, -0.1) is 0 Å². The van der Waals surface area contributed by atoms with E-state index in [1.54, 1.807) is 0 Å². The van der Waals surface area contributed by atoms with Gasteiger partial charge in [-0.1, -0.05) is 31.2 Å². The van der Waals surface area contributed by atoms with Gasteiger partial charge >= 0.3 is 0 Å². The van der Waals surface area contributed by atoms with Crippen molar-refractivity contribution in [3.05, 3.63) is 35.4 Å². The van der Waals surface area contributed by atoms with Crippen molar-refractivity contribution in [1.82, 2.24) is 0 Å². The molecule has 0 bridgehead atoms. The van der Waals surface area contributed by atoms with Gasteiger partial charge in [0.2, 0.25) is 0 Å². The number of rotatable bonds is 2. The van der Waals surface area contributed by atoms with E-state index in [0.29, 0.717) is 0 Å². The lowest BCUT2D eigenvalue weighted by molar-refractivity contribution is 0.139. The summed E-state index contributed by atoms with van der Waals surface area (Å²) in [7, 11) is 0. The minimum Gasteiger partial charge on any atom is -0.381 e. The average molecular weight is 219 g/mol. The predicted molar refractivity (Wildman–Crippen MR) is 66.4 cm³/mol. The van der Waals surface area contributed by atoms with Crippen molar-refractivity contribution >= 4 is 0 Å². The first kappa shape index (κ1) is 11.6. The van der Waals surface area contributed by atoms with E-state index < -0.39 is 0 Å². The van der Waals surface area contributed by atoms with Crippen LogP contribution in [0.15, 0.2) is 24.3 Å². The number of ether oxygens (including phenoxy) is 1. The Labute approximate surface area is 97.8 Å². The van der Waals surface area contributed by atoms with Crippen molar-refractivity contribution in [3.8, 4) is 0 Å². The second kappa shape index (κ2) is 4.98. The third-order valence-electron chi connectivity index (χ3n) is 3.54. The van der Waals surface area contributed by atoms with Gasteiger partial charge in [-0.2, -0.15) is 0 Å². The molecule has 2 heteroatoms. The Hall–Kier alpha value is -0.860. The molecule has 1 aromatic rings. The highest BCUT2D eigenvalue weighted by Gasteiger charge is 2.28. The van der Waals surface area contributed by atoms with Crippen LogP contribution in [-0.4, -0.2) is 13.2 Å². The summed E-state index contributed by atoms with van der Waals surface area (Å²) in [5.74, 6) is 0. The summed E-state index contributed by atoms with van der Waals surface area (Å²) >= 11 is 0. The van der Waals surface area contributed by atoms with Crippen LogP contribution in [0.3, 0.4) is 0 Å². The van der Waals surface area contributed by atoms with E-state index in [1.165, 1.54) is 11.1 Å². The van der Waals surface area contributed by atoms with E-state index in [9.17, 15) is 0 Å². The molecule has 0 spiro atoms. The average Bonchev–Trinajstić information content (AvgIpc) is 2.55. The Balaban J connectivity index is 2.19. The van der Waals surface area contributed by atoms with Gasteiger partial charge in [-0.3, -0.25) is 0 Å². The molecule has 1 saturated heterocycles. The summed E-state index contributed by atoms with van der Waals surface area (Å²) < 4.78 is 5.48. The highest BCUT2D eigenvalue weighted by molar-refractivity contribution is 5.28. The van der Waals surface area contributed by atoms with E-state index in [0.717, 1.165) is 38.9 Å². The highest BCUT2D eigenvalue weighted by atomic mass is 16.5. The summed E-state index contributed by atoms with van der Waals surface area (Å²) in [5, 5.41) is 0. The quantitative estimate of drug-likeness (QED) is 0.829. The summed E-state index contributed by atoms with van der Waals surface area (Å²) in [6, 6.07) is 8.75. The van der Waals surface area contributed by atoms with Crippen molar-refractivity contribution in [1.29, 1.82) is 0 Å². The molecule has 1 aliphatic heterocycles. The Morgan fingerprint density at radius 2 is 1.94 bits per heavy atom. The molecule has 1 fully saturated rings. The molecule has 1 heterocycles. The fraction of sp³-hybridized carbons (Fsp3) is 0.571. The first-order valence-electron chi connectivity index (χ1n) is 6.21. The Morgan fingerprint density at radius 3 is 2.62 bits per heavy atom. The second-order valence-corrected chi connectivity index (χ2v) is 4.67. The molecule has 0 aromatic heterocycles. The van der Waals surface area contributed by atoms with Crippen LogP contribution in [0.25, 0.3) is 0 Å². The molecule has 1 aliphatic rings. The Bertz CT molecular complexity index is 323. The number of hydrogen-bond donors (Lipinski definition) is 1. The molecule has 2 N–H and O–H groups in total. The van der Waals surface area contributed by atoms with E-state index >= 15 is 0 Å². The van der Waals surface area contributed by atoms with Crippen molar-refractivity contribution in [3.63, 3.8) is 0 Å². The second-order valence-electron chi connectivity index (χ2n) is 4.67. The Kier molecular flexibility index (Phi) is 3.62. The van der Waals surface area contributed by atoms with Gasteiger partial charge in [0.05, 0.1) is 0 Å². The smallest absolute Gasteiger partial charge is 0.0486 e. The summed E-state index contributed by atoms with van der Waals surface area (Å²) in [6.45, 7) is 3.81. The predicted octanol–water partition coefficient (Wildman–Crippen LogP) is 2.60. The van der Waals surface area contributed by atoms with E-state index in [-0.39, 0.29) is 5.54 Å². The van der Waals surface area contributed by atoms with Gasteiger partial charge in [-0.05, 0) is 36.8 Å². The number of nitrogens with two attached hydrogens (primary N) is 1. The fourth-order valence-corrected chi connectivity index (χ4v) is 2.33. The van der Waals surface area contributed by atoms with E-state index in [2.05, 4.69) is 31.2 Å². The normalized spacial score (nSPS) is 26.4. The molecular formula is C14H21NO. The number of hydrogen-bond acceptors (Lipinski definition) is 2. The minimum absolute atomic E-state index is 0.178. The molecule has 16 heavy (non-hydrogen) atoms. The van der Waals surface area contributed by atoms with Gasteiger partial charge in [0.15, 0.2) is 0 Å². The monoisotopic (exact) mass is 219 g/mol. The van der Waals surface area contributed by atoms with Crippen LogP contribution in [0.5, 0.6) is 0 Å². The lowest BCUT2D eigenvalue weighted by atomic mass is 9.84. The Morgan fingerprint density at radius 1 is 1.19 bits per heavy atom. The summed E-state index contributed by atoms with van der Waals surface area (Å²) in [5.41, 5.74) is 8.95. The zero-order chi connectivity index (χ0) is 11.4. The first-order chi connectivity index (χ1) is 7.74. The van der Waals surface area contributed by atoms with Crippen LogP contribution < -0.4 is 5.73 Å². The topological polar surface area (TPSA) is 35.2 Å². The number of benzene rings is 1. The van der Waals surface area contributed by atoms with E-state index in [1.807, 2.05) is 0 Å². The largest absolute Gasteiger partial charge is 0.381 e. The third kappa shape index (κ3) is 2.45. The summed E-state index contributed by atoms with van der Waals surface area (Å²) in [4.78, 5) is 0. The van der Waals surface area contributed by atoms with Crippen LogP contribution in [0, 0.1) is 0 Å². The van der Waals surface area contributed by atoms with Gasteiger partial charge in [-0.25, -0.2) is 0 Å². The molecule has 2 rings (SSSR count). The maximum absolute atomic E-state index is 6.49. The lowest BCUT2D eigenvalue weighted by Crippen LogP contribution is -2.36. The standard InChI is InChI=1S/C14H21NO/c1-2-12-4-6-13(7-5-12)14(15)8-3-10-16-11-9-14/h4-7H,2-3,8-11,15H2,1H3. The maximum atomic E-state index is 6.49. The molecule has 2 nitrogen and oxygen atoms in total. The van der Waals surface area contributed by atoms with Crippen molar-refractivity contribution in [2.45, 2.75) is 38.1 Å². The van der Waals surface area contributed by atoms with Gasteiger partial charge in [0.1, 0.15) is 0 Å². The van der Waals surface area contributed by atoms with Gasteiger partial charge in [0, 0.05) is 18.8 Å². The zero-order valence-electron chi connectivity index (χ0n) is 10.0. The van der Waals surface area contributed by atoms with E-state index in [4.69, 9.17) is 10.5 Å². The molecule has 1 aromatic carbocycles. The molecule has 0 aliphatic carbocycles. The molecule has 0 radical (unpaired) electrons. The van der Waals surface area contributed by atoms with Crippen molar-refractivity contribution in [2.75, 3.05) is 13.2 Å². The highest BCUT2D eigenvalue weighted by Crippen LogP contribution is 2.29. The minimum atomic E-state index is -0.178. The zero-order valence-corrected chi connectivity index (χ0v) is 10.0. The van der Waals surface area contributed by atoms with Crippen LogP contribution in [0.2, 0.25) is 0 Å². The van der Waals surface area contributed by atoms with Crippen LogP contribution in [-0.2, 0) is 16.7 Å². The van der Waals surface area contributed by atoms with Crippen molar-refractivity contribution < 1.29 is 4.74 Å². The van der Waals surface area contributed by atoms with Crippen LogP contribution >= 0.6 is 0 Å². The maximum Gasteiger partial charge on any atom is 0.0486 e. The molecule has 0 amide bonds. The van der Waals surface area contributed by atoms with Gasteiger partial charge in [0.25, 0.3) is 0 Å². The lowest BCUT2D eigenvalue weighted by Gasteiger charge is -2.28. The first-order valence-corrected chi connectivity index (χ1v) is 6.21. The number of aryl methyl sites for hydroxylation is 1. The third-order valence-corrected chi connectivity index (χ3v) is 3.54. The fourth-order valence-electron chi connectivity index (χ4n) is 2.33. The van der Waals surface area contributed by atoms with Gasteiger partial charge < -0.3 is 10.5 Å². The molecule has 0 saturated carbocycles.